The molecule has 3 aromatic heterocycles. The summed E-state index contributed by atoms with van der Waals surface area (Å²) >= 11 is 0. The highest BCUT2D eigenvalue weighted by Gasteiger charge is 2.19. The van der Waals surface area contributed by atoms with Gasteiger partial charge in [-0.15, -0.1) is 0 Å². The van der Waals surface area contributed by atoms with Gasteiger partial charge in [0.05, 0.1) is 22.1 Å². The van der Waals surface area contributed by atoms with Crippen molar-refractivity contribution in [1.82, 2.24) is 9.13 Å². The van der Waals surface area contributed by atoms with E-state index in [9.17, 15) is 0 Å². The van der Waals surface area contributed by atoms with Crippen LogP contribution in [0, 0.1) is 0 Å². The molecule has 0 saturated heterocycles. The third-order valence-electron chi connectivity index (χ3n) is 10.5. The average Bonchev–Trinajstić information content (AvgIpc) is 3.86. The second-order valence-corrected chi connectivity index (χ2v) is 13.3. The van der Waals surface area contributed by atoms with E-state index < -0.39 is 0 Å². The highest BCUT2D eigenvalue weighted by atomic mass is 16.3. The number of hydrogen-bond donors (Lipinski definition) is 0. The molecule has 11 rings (SSSR count). The summed E-state index contributed by atoms with van der Waals surface area (Å²) in [6, 6.07) is 65.5. The average molecular weight is 651 g/mol. The summed E-state index contributed by atoms with van der Waals surface area (Å²) in [5.74, 6) is 0. The zero-order valence-corrected chi connectivity index (χ0v) is 27.6. The fourth-order valence-electron chi connectivity index (χ4n) is 8.19. The Morgan fingerprint density at radius 1 is 0.314 bits per heavy atom. The Labute approximate surface area is 293 Å². The van der Waals surface area contributed by atoms with Crippen molar-refractivity contribution in [3.8, 4) is 33.6 Å². The van der Waals surface area contributed by atoms with Gasteiger partial charge in [-0.05, 0) is 82.9 Å². The second-order valence-electron chi connectivity index (χ2n) is 13.3. The van der Waals surface area contributed by atoms with Crippen molar-refractivity contribution in [2.45, 2.75) is 0 Å². The van der Waals surface area contributed by atoms with Gasteiger partial charge in [0.25, 0.3) is 0 Å². The van der Waals surface area contributed by atoms with Crippen LogP contribution in [-0.4, -0.2) is 9.13 Å². The van der Waals surface area contributed by atoms with Crippen LogP contribution in [0.3, 0.4) is 0 Å². The summed E-state index contributed by atoms with van der Waals surface area (Å²) in [4.78, 5) is 0. The first kappa shape index (κ1) is 28.0. The molecule has 11 aromatic rings. The number of rotatable bonds is 4. The van der Waals surface area contributed by atoms with Gasteiger partial charge in [0.15, 0.2) is 5.58 Å². The van der Waals surface area contributed by atoms with E-state index in [2.05, 4.69) is 185 Å². The molecule has 0 aliphatic heterocycles. The van der Waals surface area contributed by atoms with E-state index in [0.29, 0.717) is 0 Å². The van der Waals surface area contributed by atoms with Gasteiger partial charge < -0.3 is 13.6 Å². The molecule has 0 atom stereocenters. The molecule has 0 amide bonds. The fourth-order valence-corrected chi connectivity index (χ4v) is 8.19. The van der Waals surface area contributed by atoms with Gasteiger partial charge in [-0.25, -0.2) is 0 Å². The molecule has 51 heavy (non-hydrogen) atoms. The Bertz CT molecular complexity index is 3120. The quantitative estimate of drug-likeness (QED) is 0.186. The first-order chi connectivity index (χ1) is 25.3. The molecular formula is C48H30N2O. The van der Waals surface area contributed by atoms with Crippen LogP contribution in [0.2, 0.25) is 0 Å². The van der Waals surface area contributed by atoms with Gasteiger partial charge >= 0.3 is 0 Å². The highest BCUT2D eigenvalue weighted by molar-refractivity contribution is 6.21. The van der Waals surface area contributed by atoms with Gasteiger partial charge in [-0.3, -0.25) is 0 Å². The number of para-hydroxylation sites is 3. The monoisotopic (exact) mass is 650 g/mol. The van der Waals surface area contributed by atoms with E-state index in [4.69, 9.17) is 4.42 Å². The molecule has 0 saturated carbocycles. The van der Waals surface area contributed by atoms with E-state index >= 15 is 0 Å². The number of fused-ring (bicyclic) bond motifs is 10. The largest absolute Gasteiger partial charge is 0.454 e. The Balaban J connectivity index is 1.08. The predicted molar refractivity (Wildman–Crippen MR) is 213 cm³/mol. The van der Waals surface area contributed by atoms with Crippen LogP contribution in [0.15, 0.2) is 186 Å². The van der Waals surface area contributed by atoms with Crippen LogP contribution in [0.25, 0.3) is 99.2 Å². The van der Waals surface area contributed by atoms with Crippen molar-refractivity contribution < 1.29 is 4.42 Å². The Kier molecular flexibility index (Phi) is 5.96. The standard InChI is InChI=1S/C48H30N2O/c1-2-11-31(12-3-1)32-21-24-35(25-22-32)49-43-18-7-5-16-38(43)42-30-34(23-28-45(42)49)33-13-10-14-36(29-33)50-44-19-8-4-15-37(44)40-26-27-41-39-17-6-9-20-46(39)51-48(41)47(40)50/h1-30H. The zero-order valence-electron chi connectivity index (χ0n) is 27.6. The van der Waals surface area contributed by atoms with Gasteiger partial charge in [-0.1, -0.05) is 121 Å². The number of benzene rings is 8. The number of aromatic nitrogens is 2. The third-order valence-corrected chi connectivity index (χ3v) is 10.5. The van der Waals surface area contributed by atoms with E-state index in [1.54, 1.807) is 0 Å². The molecule has 8 aromatic carbocycles. The summed E-state index contributed by atoms with van der Waals surface area (Å²) in [6.07, 6.45) is 0. The fraction of sp³-hybridized carbons (Fsp3) is 0. The molecule has 3 heterocycles. The summed E-state index contributed by atoms with van der Waals surface area (Å²) in [7, 11) is 0. The van der Waals surface area contributed by atoms with Gasteiger partial charge in [0.1, 0.15) is 5.58 Å². The van der Waals surface area contributed by atoms with E-state index in [1.165, 1.54) is 54.8 Å². The lowest BCUT2D eigenvalue weighted by Crippen LogP contribution is -1.95. The first-order valence-corrected chi connectivity index (χ1v) is 17.4. The molecule has 238 valence electrons. The topological polar surface area (TPSA) is 23.0 Å². The highest BCUT2D eigenvalue weighted by Crippen LogP contribution is 2.41. The lowest BCUT2D eigenvalue weighted by atomic mass is 10.0. The molecule has 0 bridgehead atoms. The molecule has 3 nitrogen and oxygen atoms in total. The lowest BCUT2D eigenvalue weighted by molar-refractivity contribution is 0.671. The summed E-state index contributed by atoms with van der Waals surface area (Å²) in [5, 5.41) is 7.16. The van der Waals surface area contributed by atoms with Crippen LogP contribution in [-0.2, 0) is 0 Å². The van der Waals surface area contributed by atoms with Crippen molar-refractivity contribution >= 4 is 65.6 Å². The molecule has 0 N–H and O–H groups in total. The Morgan fingerprint density at radius 3 is 1.73 bits per heavy atom. The maximum Gasteiger partial charge on any atom is 0.160 e. The number of nitrogens with zero attached hydrogens (tertiary/aromatic N) is 2. The smallest absolute Gasteiger partial charge is 0.160 e. The Morgan fingerprint density at radius 2 is 0.902 bits per heavy atom. The SMILES string of the molecule is c1ccc(-c2ccc(-n3c4ccccc4c4cc(-c5cccc(-n6c7ccccc7c7ccc8c9ccccc9oc8c76)c5)ccc43)cc2)cc1. The minimum atomic E-state index is 0.908. The van der Waals surface area contributed by atoms with Crippen molar-refractivity contribution in [3.05, 3.63) is 182 Å². The van der Waals surface area contributed by atoms with Crippen LogP contribution in [0.5, 0.6) is 0 Å². The molecule has 0 fully saturated rings. The number of hydrogen-bond acceptors (Lipinski definition) is 1. The van der Waals surface area contributed by atoms with Gasteiger partial charge in [0, 0.05) is 43.7 Å². The van der Waals surface area contributed by atoms with E-state index in [1.807, 2.05) is 6.07 Å². The Hall–Kier alpha value is -6.84. The molecule has 0 aliphatic carbocycles. The van der Waals surface area contributed by atoms with Crippen LogP contribution in [0.4, 0.5) is 0 Å². The maximum atomic E-state index is 6.61. The normalized spacial score (nSPS) is 11.9. The minimum Gasteiger partial charge on any atom is -0.454 e. The number of furan rings is 1. The van der Waals surface area contributed by atoms with E-state index in [-0.39, 0.29) is 0 Å². The summed E-state index contributed by atoms with van der Waals surface area (Å²) in [5.41, 5.74) is 13.5. The van der Waals surface area contributed by atoms with Crippen LogP contribution >= 0.6 is 0 Å². The predicted octanol–water partition coefficient (Wildman–Crippen LogP) is 13.1. The zero-order chi connectivity index (χ0) is 33.5. The molecule has 0 radical (unpaired) electrons. The van der Waals surface area contributed by atoms with Gasteiger partial charge in [-0.2, -0.15) is 0 Å². The van der Waals surface area contributed by atoms with Crippen molar-refractivity contribution in [2.75, 3.05) is 0 Å². The second kappa shape index (κ2) is 10.8. The summed E-state index contributed by atoms with van der Waals surface area (Å²) < 4.78 is 11.4. The van der Waals surface area contributed by atoms with E-state index in [0.717, 1.165) is 44.3 Å². The minimum absolute atomic E-state index is 0.908. The van der Waals surface area contributed by atoms with Crippen molar-refractivity contribution in [2.24, 2.45) is 0 Å². The van der Waals surface area contributed by atoms with Crippen molar-refractivity contribution in [1.29, 1.82) is 0 Å². The maximum absolute atomic E-state index is 6.61. The molecule has 0 aliphatic rings. The van der Waals surface area contributed by atoms with Crippen LogP contribution in [0.1, 0.15) is 0 Å². The molecular weight excluding hydrogens is 621 g/mol. The molecule has 3 heteroatoms. The third kappa shape index (κ3) is 4.19. The van der Waals surface area contributed by atoms with Gasteiger partial charge in [0.2, 0.25) is 0 Å². The lowest BCUT2D eigenvalue weighted by Gasteiger charge is -2.11. The van der Waals surface area contributed by atoms with Crippen molar-refractivity contribution in [3.63, 3.8) is 0 Å². The summed E-state index contributed by atoms with van der Waals surface area (Å²) in [6.45, 7) is 0. The first-order valence-electron chi connectivity index (χ1n) is 17.4. The van der Waals surface area contributed by atoms with Crippen LogP contribution < -0.4 is 0 Å². The molecule has 0 spiro atoms. The molecule has 0 unspecified atom stereocenters.